The SMILES string of the molecule is CC(C)c1cc(C(C)C)c(N=Cc2ccccc2)c(C(C)C)c1N=Cc1ccccc1. The van der Waals surface area contributed by atoms with Gasteiger partial charge in [-0.15, -0.1) is 0 Å². The molecule has 0 radical (unpaired) electrons. The average molecular weight is 411 g/mol. The zero-order valence-corrected chi connectivity index (χ0v) is 19.6. The molecule has 0 unspecified atom stereocenters. The van der Waals surface area contributed by atoms with Crippen LogP contribution in [0.5, 0.6) is 0 Å². The summed E-state index contributed by atoms with van der Waals surface area (Å²) >= 11 is 0. The van der Waals surface area contributed by atoms with Gasteiger partial charge in [-0.1, -0.05) is 108 Å². The van der Waals surface area contributed by atoms with Gasteiger partial charge in [-0.3, -0.25) is 9.98 Å². The summed E-state index contributed by atoms with van der Waals surface area (Å²) in [5.74, 6) is 1.07. The number of hydrogen-bond donors (Lipinski definition) is 0. The van der Waals surface area contributed by atoms with Crippen molar-refractivity contribution < 1.29 is 0 Å². The molecule has 0 N–H and O–H groups in total. The van der Waals surface area contributed by atoms with Crippen LogP contribution in [0.15, 0.2) is 76.7 Å². The lowest BCUT2D eigenvalue weighted by molar-refractivity contribution is 0.806. The Balaban J connectivity index is 2.24. The predicted molar refractivity (Wildman–Crippen MR) is 136 cm³/mol. The van der Waals surface area contributed by atoms with Gasteiger partial charge in [0.05, 0.1) is 11.4 Å². The van der Waals surface area contributed by atoms with Gasteiger partial charge in [-0.05, 0) is 40.0 Å². The van der Waals surface area contributed by atoms with Gasteiger partial charge in [0.2, 0.25) is 0 Å². The van der Waals surface area contributed by atoms with E-state index in [1.807, 2.05) is 48.8 Å². The zero-order chi connectivity index (χ0) is 22.4. The van der Waals surface area contributed by atoms with Crippen molar-refractivity contribution in [1.29, 1.82) is 0 Å². The number of rotatable bonds is 7. The minimum atomic E-state index is 0.307. The first-order valence-electron chi connectivity index (χ1n) is 11.3. The average Bonchev–Trinajstić information content (AvgIpc) is 2.76. The van der Waals surface area contributed by atoms with Gasteiger partial charge < -0.3 is 0 Å². The van der Waals surface area contributed by atoms with Crippen LogP contribution in [-0.4, -0.2) is 12.4 Å². The van der Waals surface area contributed by atoms with Crippen molar-refractivity contribution >= 4 is 23.8 Å². The molecule has 0 aromatic heterocycles. The molecule has 3 rings (SSSR count). The van der Waals surface area contributed by atoms with Crippen LogP contribution in [0, 0.1) is 0 Å². The van der Waals surface area contributed by atoms with Gasteiger partial charge >= 0.3 is 0 Å². The highest BCUT2D eigenvalue weighted by molar-refractivity contribution is 5.87. The topological polar surface area (TPSA) is 24.7 Å². The van der Waals surface area contributed by atoms with Crippen molar-refractivity contribution in [2.24, 2.45) is 9.98 Å². The maximum Gasteiger partial charge on any atom is 0.0720 e. The van der Waals surface area contributed by atoms with Gasteiger partial charge in [0, 0.05) is 18.0 Å². The summed E-state index contributed by atoms with van der Waals surface area (Å²) in [4.78, 5) is 10.1. The molecule has 0 spiro atoms. The van der Waals surface area contributed by atoms with Crippen LogP contribution >= 0.6 is 0 Å². The monoisotopic (exact) mass is 410 g/mol. The Morgan fingerprint density at radius 2 is 0.935 bits per heavy atom. The van der Waals surface area contributed by atoms with E-state index in [1.54, 1.807) is 0 Å². The van der Waals surface area contributed by atoms with Crippen molar-refractivity contribution in [2.45, 2.75) is 59.3 Å². The van der Waals surface area contributed by atoms with E-state index < -0.39 is 0 Å². The van der Waals surface area contributed by atoms with E-state index in [9.17, 15) is 0 Å². The van der Waals surface area contributed by atoms with Crippen molar-refractivity contribution in [2.75, 3.05) is 0 Å². The molecule has 0 bridgehead atoms. The molecule has 0 heterocycles. The maximum absolute atomic E-state index is 5.04. The van der Waals surface area contributed by atoms with Crippen LogP contribution < -0.4 is 0 Å². The molecule has 0 saturated heterocycles. The maximum atomic E-state index is 5.04. The molecule has 3 aromatic carbocycles. The lowest BCUT2D eigenvalue weighted by atomic mass is 9.85. The highest BCUT2D eigenvalue weighted by Crippen LogP contribution is 2.45. The van der Waals surface area contributed by atoms with Crippen molar-refractivity contribution in [3.63, 3.8) is 0 Å². The summed E-state index contributed by atoms with van der Waals surface area (Å²) in [6.45, 7) is 13.5. The van der Waals surface area contributed by atoms with E-state index in [0.717, 1.165) is 22.5 Å². The normalized spacial score (nSPS) is 12.2. The summed E-state index contributed by atoms with van der Waals surface area (Å²) < 4.78 is 0. The smallest absolute Gasteiger partial charge is 0.0720 e. The summed E-state index contributed by atoms with van der Waals surface area (Å²) in [7, 11) is 0. The fourth-order valence-corrected chi connectivity index (χ4v) is 3.80. The summed E-state index contributed by atoms with van der Waals surface area (Å²) in [5, 5.41) is 0. The molecule has 3 aromatic rings. The van der Waals surface area contributed by atoms with Crippen LogP contribution in [0.2, 0.25) is 0 Å². The van der Waals surface area contributed by atoms with Gasteiger partial charge in [-0.2, -0.15) is 0 Å². The predicted octanol–water partition coefficient (Wildman–Crippen LogP) is 8.56. The van der Waals surface area contributed by atoms with Crippen molar-refractivity contribution in [3.8, 4) is 0 Å². The van der Waals surface area contributed by atoms with Crippen LogP contribution in [0.25, 0.3) is 0 Å². The quantitative estimate of drug-likeness (QED) is 0.349. The first kappa shape index (κ1) is 22.7. The third-order valence-corrected chi connectivity index (χ3v) is 5.47. The zero-order valence-electron chi connectivity index (χ0n) is 19.6. The molecule has 0 aliphatic heterocycles. The molecule has 0 amide bonds. The minimum Gasteiger partial charge on any atom is -0.256 e. The molecule has 0 fully saturated rings. The lowest BCUT2D eigenvalue weighted by Gasteiger charge is -2.23. The molecule has 31 heavy (non-hydrogen) atoms. The molecule has 0 saturated carbocycles. The second-order valence-corrected chi connectivity index (χ2v) is 8.97. The highest BCUT2D eigenvalue weighted by atomic mass is 14.8. The molecule has 160 valence electrons. The minimum absolute atomic E-state index is 0.307. The van der Waals surface area contributed by atoms with E-state index in [0.29, 0.717) is 17.8 Å². The first-order valence-corrected chi connectivity index (χ1v) is 11.3. The Morgan fingerprint density at radius 3 is 1.26 bits per heavy atom. The third kappa shape index (κ3) is 5.58. The van der Waals surface area contributed by atoms with E-state index in [-0.39, 0.29) is 0 Å². The Bertz CT molecular complexity index is 963. The molecule has 0 aliphatic carbocycles. The van der Waals surface area contributed by atoms with E-state index in [4.69, 9.17) is 9.98 Å². The standard InChI is InChI=1S/C29H34N2/c1-20(2)25-17-26(21(3)4)29(31-19-24-15-11-8-12-16-24)27(22(5)6)28(25)30-18-23-13-9-7-10-14-23/h7-22H,1-6H3. The first-order chi connectivity index (χ1) is 14.9. The number of benzene rings is 3. The number of aliphatic imine (C=N–C) groups is 2. The molecule has 0 atom stereocenters. The Labute approximate surface area is 187 Å². The van der Waals surface area contributed by atoms with Crippen LogP contribution in [0.4, 0.5) is 11.4 Å². The number of hydrogen-bond acceptors (Lipinski definition) is 2. The van der Waals surface area contributed by atoms with Crippen molar-refractivity contribution in [1.82, 2.24) is 0 Å². The second kappa shape index (κ2) is 10.3. The third-order valence-electron chi connectivity index (χ3n) is 5.47. The lowest BCUT2D eigenvalue weighted by Crippen LogP contribution is -2.02. The number of nitrogens with zero attached hydrogens (tertiary/aromatic N) is 2. The summed E-state index contributed by atoms with van der Waals surface area (Å²) in [6.07, 6.45) is 3.96. The summed E-state index contributed by atoms with van der Waals surface area (Å²) in [5.41, 5.74) is 8.16. The van der Waals surface area contributed by atoms with Gasteiger partial charge in [-0.25, -0.2) is 0 Å². The van der Waals surface area contributed by atoms with Crippen LogP contribution in [0.1, 0.15) is 87.1 Å². The van der Waals surface area contributed by atoms with E-state index in [2.05, 4.69) is 71.9 Å². The summed E-state index contributed by atoms with van der Waals surface area (Å²) in [6, 6.07) is 22.9. The van der Waals surface area contributed by atoms with Gasteiger partial charge in [0.25, 0.3) is 0 Å². The molecular formula is C29H34N2. The van der Waals surface area contributed by atoms with E-state index in [1.165, 1.54) is 16.7 Å². The Kier molecular flexibility index (Phi) is 7.57. The molecule has 2 nitrogen and oxygen atoms in total. The molecule has 2 heteroatoms. The Hall–Kier alpha value is -3.00. The molecular weight excluding hydrogens is 376 g/mol. The highest BCUT2D eigenvalue weighted by Gasteiger charge is 2.22. The van der Waals surface area contributed by atoms with E-state index >= 15 is 0 Å². The van der Waals surface area contributed by atoms with Gasteiger partial charge in [0.1, 0.15) is 0 Å². The largest absolute Gasteiger partial charge is 0.256 e. The second-order valence-electron chi connectivity index (χ2n) is 8.97. The van der Waals surface area contributed by atoms with Gasteiger partial charge in [0.15, 0.2) is 0 Å². The fraction of sp³-hybridized carbons (Fsp3) is 0.310. The van der Waals surface area contributed by atoms with Crippen molar-refractivity contribution in [3.05, 3.63) is 94.5 Å². The Morgan fingerprint density at radius 1 is 0.548 bits per heavy atom. The molecule has 0 aliphatic rings. The van der Waals surface area contributed by atoms with Crippen LogP contribution in [0.3, 0.4) is 0 Å². The fourth-order valence-electron chi connectivity index (χ4n) is 3.80. The van der Waals surface area contributed by atoms with Crippen LogP contribution in [-0.2, 0) is 0 Å².